The summed E-state index contributed by atoms with van der Waals surface area (Å²) in [4.78, 5) is 48.6. The lowest BCUT2D eigenvalue weighted by Crippen LogP contribution is -2.45. The van der Waals surface area contributed by atoms with E-state index in [2.05, 4.69) is 27.1 Å². The highest BCUT2D eigenvalue weighted by molar-refractivity contribution is 5.96. The number of rotatable bonds is 6. The zero-order chi connectivity index (χ0) is 27.4. The summed E-state index contributed by atoms with van der Waals surface area (Å²) in [5, 5.41) is 3.03. The van der Waals surface area contributed by atoms with Crippen molar-refractivity contribution in [1.29, 1.82) is 0 Å². The van der Waals surface area contributed by atoms with Gasteiger partial charge in [0.15, 0.2) is 0 Å². The SMILES string of the molecule is CN1CCN(c2ccnc(C(=O)N3CCC[C@H](C(=O)Nc4cccc(-c5ccc(C(N)=O)cc5)c4)C3)c2)CC1. The molecule has 5 rings (SSSR count). The van der Waals surface area contributed by atoms with Gasteiger partial charge in [-0.1, -0.05) is 24.3 Å². The maximum absolute atomic E-state index is 13.4. The predicted octanol–water partition coefficient (Wildman–Crippen LogP) is 3.09. The van der Waals surface area contributed by atoms with Crippen LogP contribution in [0.5, 0.6) is 0 Å². The monoisotopic (exact) mass is 526 g/mol. The van der Waals surface area contributed by atoms with E-state index < -0.39 is 5.91 Å². The summed E-state index contributed by atoms with van der Waals surface area (Å²) in [7, 11) is 2.11. The summed E-state index contributed by atoms with van der Waals surface area (Å²) in [6, 6.07) is 18.4. The highest BCUT2D eigenvalue weighted by atomic mass is 16.2. The van der Waals surface area contributed by atoms with Gasteiger partial charge >= 0.3 is 0 Å². The minimum absolute atomic E-state index is 0.104. The predicted molar refractivity (Wildman–Crippen MR) is 152 cm³/mol. The van der Waals surface area contributed by atoms with Crippen molar-refractivity contribution in [1.82, 2.24) is 14.8 Å². The first-order valence-electron chi connectivity index (χ1n) is 13.4. The van der Waals surface area contributed by atoms with E-state index in [-0.39, 0.29) is 17.7 Å². The van der Waals surface area contributed by atoms with Crippen LogP contribution >= 0.6 is 0 Å². The van der Waals surface area contributed by atoms with Crippen LogP contribution in [0.15, 0.2) is 66.9 Å². The molecule has 1 atom stereocenters. The first-order chi connectivity index (χ1) is 18.9. The Hall–Kier alpha value is -4.24. The van der Waals surface area contributed by atoms with E-state index >= 15 is 0 Å². The number of primary amides is 1. The molecule has 2 aliphatic rings. The number of nitrogens with one attached hydrogen (secondary N) is 1. The summed E-state index contributed by atoms with van der Waals surface area (Å²) >= 11 is 0. The second kappa shape index (κ2) is 11.7. The van der Waals surface area contributed by atoms with Gasteiger partial charge in [-0.15, -0.1) is 0 Å². The third kappa shape index (κ3) is 6.26. The van der Waals surface area contributed by atoms with Crippen LogP contribution < -0.4 is 16.0 Å². The Bertz CT molecular complexity index is 1350. The maximum atomic E-state index is 13.4. The Kier molecular flexibility index (Phi) is 7.88. The number of carbonyl (C=O) groups is 3. The molecule has 9 nitrogen and oxygen atoms in total. The summed E-state index contributed by atoms with van der Waals surface area (Å²) in [6.45, 7) is 4.77. The molecule has 9 heteroatoms. The number of pyridine rings is 1. The van der Waals surface area contributed by atoms with Crippen LogP contribution in [0.2, 0.25) is 0 Å². The number of benzene rings is 2. The zero-order valence-corrected chi connectivity index (χ0v) is 22.2. The first kappa shape index (κ1) is 26.4. The lowest BCUT2D eigenvalue weighted by Gasteiger charge is -2.34. The molecule has 0 unspecified atom stereocenters. The molecule has 39 heavy (non-hydrogen) atoms. The summed E-state index contributed by atoms with van der Waals surface area (Å²) < 4.78 is 0. The quantitative estimate of drug-likeness (QED) is 0.511. The van der Waals surface area contributed by atoms with E-state index in [9.17, 15) is 14.4 Å². The number of piperazine rings is 1. The number of nitrogens with two attached hydrogens (primary N) is 1. The molecule has 2 fully saturated rings. The Morgan fingerprint density at radius 3 is 2.44 bits per heavy atom. The molecule has 0 spiro atoms. The molecule has 3 aromatic rings. The van der Waals surface area contributed by atoms with Crippen LogP contribution in [0.3, 0.4) is 0 Å². The molecule has 2 aromatic carbocycles. The van der Waals surface area contributed by atoms with Crippen LogP contribution in [0.1, 0.15) is 33.7 Å². The van der Waals surface area contributed by atoms with Crippen molar-refractivity contribution >= 4 is 29.1 Å². The molecular weight excluding hydrogens is 492 g/mol. The number of likely N-dealkylation sites (tertiary alicyclic amines) is 1. The standard InChI is InChI=1S/C30H34N6O3/c1-34-14-16-35(17-15-34)26-11-12-32-27(19-26)30(39)36-13-3-5-24(20-36)29(38)33-25-6-2-4-23(18-25)21-7-9-22(10-8-21)28(31)37/h2,4,6-12,18-19,24H,3,5,13-17,20H2,1H3,(H2,31,37)(H,33,38)/t24-/m0/s1. The molecule has 1 aromatic heterocycles. The molecule has 0 radical (unpaired) electrons. The molecule has 2 saturated heterocycles. The van der Waals surface area contributed by atoms with Gasteiger partial charge in [-0.25, -0.2) is 0 Å². The second-order valence-corrected chi connectivity index (χ2v) is 10.3. The van der Waals surface area contributed by atoms with Gasteiger partial charge in [-0.3, -0.25) is 19.4 Å². The zero-order valence-electron chi connectivity index (χ0n) is 22.2. The molecule has 3 N–H and O–H groups in total. The number of nitrogens with zero attached hydrogens (tertiary/aromatic N) is 4. The van der Waals surface area contributed by atoms with E-state index in [0.29, 0.717) is 30.0 Å². The van der Waals surface area contributed by atoms with E-state index in [1.54, 1.807) is 23.2 Å². The number of aromatic nitrogens is 1. The van der Waals surface area contributed by atoms with Gasteiger partial charge in [-0.05, 0) is 67.4 Å². The average Bonchev–Trinajstić information content (AvgIpc) is 2.97. The van der Waals surface area contributed by atoms with Crippen LogP contribution in [0, 0.1) is 5.92 Å². The molecule has 3 heterocycles. The van der Waals surface area contributed by atoms with Crippen molar-refractivity contribution in [3.63, 3.8) is 0 Å². The van der Waals surface area contributed by atoms with Crippen LogP contribution in [0.25, 0.3) is 11.1 Å². The number of hydrogen-bond donors (Lipinski definition) is 2. The fourth-order valence-electron chi connectivity index (χ4n) is 5.18. The summed E-state index contributed by atoms with van der Waals surface area (Å²) in [5.41, 5.74) is 9.72. The highest BCUT2D eigenvalue weighted by Gasteiger charge is 2.30. The number of likely N-dealkylation sites (N-methyl/N-ethyl adjacent to an activating group) is 1. The third-order valence-electron chi connectivity index (χ3n) is 7.54. The van der Waals surface area contributed by atoms with E-state index in [1.807, 2.05) is 48.5 Å². The topological polar surface area (TPSA) is 112 Å². The van der Waals surface area contributed by atoms with Gasteiger partial charge in [0.2, 0.25) is 11.8 Å². The number of anilines is 2. The maximum Gasteiger partial charge on any atom is 0.272 e. The molecule has 0 aliphatic carbocycles. The minimum Gasteiger partial charge on any atom is -0.369 e. The Balaban J connectivity index is 1.22. The van der Waals surface area contributed by atoms with Crippen molar-refractivity contribution in [2.24, 2.45) is 11.7 Å². The average molecular weight is 527 g/mol. The van der Waals surface area contributed by atoms with Crippen molar-refractivity contribution < 1.29 is 14.4 Å². The molecular formula is C30H34N6O3. The van der Waals surface area contributed by atoms with Crippen molar-refractivity contribution in [3.8, 4) is 11.1 Å². The van der Waals surface area contributed by atoms with Gasteiger partial charge < -0.3 is 25.8 Å². The van der Waals surface area contributed by atoms with Gasteiger partial charge in [0.25, 0.3) is 5.91 Å². The molecule has 2 aliphatic heterocycles. The number of amides is 3. The fraction of sp³-hybridized carbons (Fsp3) is 0.333. The largest absolute Gasteiger partial charge is 0.369 e. The third-order valence-corrected chi connectivity index (χ3v) is 7.54. The van der Waals surface area contributed by atoms with Gasteiger partial charge in [0, 0.05) is 62.4 Å². The minimum atomic E-state index is -0.471. The van der Waals surface area contributed by atoms with E-state index in [4.69, 9.17) is 5.73 Å². The van der Waals surface area contributed by atoms with Crippen molar-refractivity contribution in [3.05, 3.63) is 78.1 Å². The van der Waals surface area contributed by atoms with Crippen LogP contribution in [-0.2, 0) is 4.79 Å². The number of carbonyl (C=O) groups excluding carboxylic acids is 3. The Labute approximate surface area is 228 Å². The normalized spacial score (nSPS) is 18.0. The van der Waals surface area contributed by atoms with Gasteiger partial charge in [-0.2, -0.15) is 0 Å². The fourth-order valence-corrected chi connectivity index (χ4v) is 5.18. The summed E-state index contributed by atoms with van der Waals surface area (Å²) in [5.74, 6) is -1.01. The highest BCUT2D eigenvalue weighted by Crippen LogP contribution is 2.25. The molecule has 0 bridgehead atoms. The van der Waals surface area contributed by atoms with E-state index in [0.717, 1.165) is 55.8 Å². The lowest BCUT2D eigenvalue weighted by molar-refractivity contribution is -0.121. The molecule has 3 amide bonds. The van der Waals surface area contributed by atoms with Crippen LogP contribution in [-0.4, -0.2) is 78.8 Å². The van der Waals surface area contributed by atoms with Gasteiger partial charge in [0.05, 0.1) is 5.92 Å². The second-order valence-electron chi connectivity index (χ2n) is 10.3. The van der Waals surface area contributed by atoms with Crippen molar-refractivity contribution in [2.45, 2.75) is 12.8 Å². The number of hydrogen-bond acceptors (Lipinski definition) is 6. The number of piperidine rings is 1. The smallest absolute Gasteiger partial charge is 0.272 e. The van der Waals surface area contributed by atoms with E-state index in [1.165, 1.54) is 0 Å². The molecule has 202 valence electrons. The Morgan fingerprint density at radius 1 is 0.923 bits per heavy atom. The van der Waals surface area contributed by atoms with Crippen LogP contribution in [0.4, 0.5) is 11.4 Å². The molecule has 0 saturated carbocycles. The first-order valence-corrected chi connectivity index (χ1v) is 13.4. The van der Waals surface area contributed by atoms with Crippen molar-refractivity contribution in [2.75, 3.05) is 56.5 Å². The van der Waals surface area contributed by atoms with Gasteiger partial charge in [0.1, 0.15) is 5.69 Å². The lowest BCUT2D eigenvalue weighted by atomic mass is 9.96. The Morgan fingerprint density at radius 2 is 1.69 bits per heavy atom. The summed E-state index contributed by atoms with van der Waals surface area (Å²) in [6.07, 6.45) is 3.18.